The zero-order chi connectivity index (χ0) is 16.7. The quantitative estimate of drug-likeness (QED) is 0.852. The predicted molar refractivity (Wildman–Crippen MR) is 88.9 cm³/mol. The molecule has 0 heterocycles. The van der Waals surface area contributed by atoms with E-state index in [1.165, 1.54) is 0 Å². The number of nitrogens with one attached hydrogen (secondary N) is 1. The van der Waals surface area contributed by atoms with Crippen molar-refractivity contribution in [2.24, 2.45) is 0 Å². The van der Waals surface area contributed by atoms with E-state index in [2.05, 4.69) is 5.32 Å². The van der Waals surface area contributed by atoms with Gasteiger partial charge in [0.05, 0.1) is 13.7 Å². The predicted octanol–water partition coefficient (Wildman–Crippen LogP) is 3.25. The molecule has 0 fully saturated rings. The molecule has 2 aromatic rings. The van der Waals surface area contributed by atoms with Crippen molar-refractivity contribution < 1.29 is 19.0 Å². The first-order valence-electron chi connectivity index (χ1n) is 7.32. The number of carbonyl (C=O) groups is 1. The van der Waals surface area contributed by atoms with Crippen molar-refractivity contribution in [2.45, 2.75) is 19.6 Å². The van der Waals surface area contributed by atoms with Gasteiger partial charge in [-0.2, -0.15) is 0 Å². The molecule has 0 aliphatic heterocycles. The summed E-state index contributed by atoms with van der Waals surface area (Å²) in [6.45, 7) is 2.19. The average molecular weight is 315 g/mol. The van der Waals surface area contributed by atoms with E-state index in [9.17, 15) is 4.79 Å². The van der Waals surface area contributed by atoms with E-state index in [0.29, 0.717) is 23.8 Å². The van der Waals surface area contributed by atoms with Gasteiger partial charge < -0.3 is 19.5 Å². The topological polar surface area (TPSA) is 56.8 Å². The molecule has 0 bridgehead atoms. The molecule has 0 aliphatic rings. The highest BCUT2D eigenvalue weighted by Gasteiger charge is 2.16. The van der Waals surface area contributed by atoms with Crippen LogP contribution < -0.4 is 14.8 Å². The number of hydrogen-bond donors (Lipinski definition) is 1. The highest BCUT2D eigenvalue weighted by molar-refractivity contribution is 5.94. The molecule has 2 aromatic carbocycles. The molecule has 1 atom stereocenters. The van der Waals surface area contributed by atoms with E-state index >= 15 is 0 Å². The van der Waals surface area contributed by atoms with Crippen LogP contribution in [0, 0.1) is 0 Å². The van der Waals surface area contributed by atoms with Crippen molar-refractivity contribution in [1.29, 1.82) is 0 Å². The minimum absolute atomic E-state index is 0.231. The number of anilines is 1. The molecule has 122 valence electrons. The number of carbonyl (C=O) groups excluding carboxylic acids is 1. The van der Waals surface area contributed by atoms with E-state index in [-0.39, 0.29) is 5.91 Å². The van der Waals surface area contributed by atoms with Gasteiger partial charge in [0.1, 0.15) is 0 Å². The van der Waals surface area contributed by atoms with E-state index < -0.39 is 6.10 Å². The molecule has 1 N–H and O–H groups in total. The lowest BCUT2D eigenvalue weighted by molar-refractivity contribution is -0.122. The van der Waals surface area contributed by atoms with Crippen molar-refractivity contribution in [3.8, 4) is 11.5 Å². The monoisotopic (exact) mass is 315 g/mol. The van der Waals surface area contributed by atoms with E-state index in [1.54, 1.807) is 33.3 Å². The first-order valence-corrected chi connectivity index (χ1v) is 7.32. The fourth-order valence-electron chi connectivity index (χ4n) is 2.11. The Hall–Kier alpha value is -2.53. The zero-order valence-electron chi connectivity index (χ0n) is 13.5. The Labute approximate surface area is 136 Å². The minimum atomic E-state index is -0.655. The Balaban J connectivity index is 2.01. The Morgan fingerprint density at radius 1 is 1.09 bits per heavy atom. The van der Waals surface area contributed by atoms with E-state index in [1.807, 2.05) is 36.4 Å². The van der Waals surface area contributed by atoms with Crippen LogP contribution in [0.15, 0.2) is 48.5 Å². The lowest BCUT2D eigenvalue weighted by atomic mass is 10.2. The van der Waals surface area contributed by atoms with Gasteiger partial charge in [-0.15, -0.1) is 0 Å². The van der Waals surface area contributed by atoms with Gasteiger partial charge in [0.2, 0.25) is 0 Å². The second kappa shape index (κ2) is 8.19. The Morgan fingerprint density at radius 3 is 2.52 bits per heavy atom. The van der Waals surface area contributed by atoms with Gasteiger partial charge in [-0.25, -0.2) is 0 Å². The molecule has 0 aliphatic carbocycles. The van der Waals surface area contributed by atoms with Crippen molar-refractivity contribution in [1.82, 2.24) is 0 Å². The van der Waals surface area contributed by atoms with Gasteiger partial charge in [0.15, 0.2) is 17.6 Å². The fraction of sp³-hybridized carbons (Fsp3) is 0.278. The molecule has 1 amide bonds. The van der Waals surface area contributed by atoms with Crippen molar-refractivity contribution in [2.75, 3.05) is 19.5 Å². The van der Waals surface area contributed by atoms with Crippen LogP contribution in [0.3, 0.4) is 0 Å². The van der Waals surface area contributed by atoms with Gasteiger partial charge in [0.25, 0.3) is 5.91 Å². The molecule has 0 radical (unpaired) electrons. The van der Waals surface area contributed by atoms with Crippen LogP contribution in [0.1, 0.15) is 12.5 Å². The summed E-state index contributed by atoms with van der Waals surface area (Å²) < 4.78 is 16.0. The third kappa shape index (κ3) is 4.72. The number of ether oxygens (including phenoxy) is 3. The van der Waals surface area contributed by atoms with Gasteiger partial charge in [-0.1, -0.05) is 24.3 Å². The molecular formula is C18H21NO4. The maximum absolute atomic E-state index is 12.3. The van der Waals surface area contributed by atoms with Crippen LogP contribution in [-0.2, 0) is 16.1 Å². The molecule has 5 nitrogen and oxygen atoms in total. The second-order valence-electron chi connectivity index (χ2n) is 5.03. The zero-order valence-corrected chi connectivity index (χ0v) is 13.5. The third-order valence-electron chi connectivity index (χ3n) is 3.25. The maximum Gasteiger partial charge on any atom is 0.265 e. The van der Waals surface area contributed by atoms with Crippen LogP contribution in [0.2, 0.25) is 0 Å². The maximum atomic E-state index is 12.3. The van der Waals surface area contributed by atoms with Crippen molar-refractivity contribution in [3.05, 3.63) is 54.1 Å². The fourth-order valence-corrected chi connectivity index (χ4v) is 2.11. The summed E-state index contributed by atoms with van der Waals surface area (Å²) in [6.07, 6.45) is -0.655. The van der Waals surface area contributed by atoms with E-state index in [0.717, 1.165) is 5.56 Å². The van der Waals surface area contributed by atoms with Gasteiger partial charge in [-0.3, -0.25) is 4.79 Å². The standard InChI is InChI=1S/C18H21NO4/c1-13(23-17-10-5-4-9-16(17)22-3)18(20)19-15-8-6-7-14(11-15)12-21-2/h4-11,13H,12H2,1-3H3,(H,19,20). The first kappa shape index (κ1) is 16.8. The molecule has 0 saturated carbocycles. The lowest BCUT2D eigenvalue weighted by Crippen LogP contribution is -2.30. The summed E-state index contributed by atoms with van der Waals surface area (Å²) in [6, 6.07) is 14.7. The molecule has 0 spiro atoms. The van der Waals surface area contributed by atoms with Crippen LogP contribution in [-0.4, -0.2) is 26.2 Å². The Kier molecular flexibility index (Phi) is 6.00. The molecular weight excluding hydrogens is 294 g/mol. The highest BCUT2D eigenvalue weighted by atomic mass is 16.5. The van der Waals surface area contributed by atoms with Crippen LogP contribution in [0.25, 0.3) is 0 Å². The van der Waals surface area contributed by atoms with Crippen LogP contribution in [0.4, 0.5) is 5.69 Å². The molecule has 0 saturated heterocycles. The first-order chi connectivity index (χ1) is 11.1. The lowest BCUT2D eigenvalue weighted by Gasteiger charge is -2.16. The van der Waals surface area contributed by atoms with Crippen molar-refractivity contribution >= 4 is 11.6 Å². The van der Waals surface area contributed by atoms with Gasteiger partial charge >= 0.3 is 0 Å². The average Bonchev–Trinajstić information content (AvgIpc) is 2.56. The van der Waals surface area contributed by atoms with Crippen LogP contribution >= 0.6 is 0 Å². The summed E-state index contributed by atoms with van der Waals surface area (Å²) >= 11 is 0. The molecule has 2 rings (SSSR count). The summed E-state index contributed by atoms with van der Waals surface area (Å²) in [7, 11) is 3.20. The molecule has 5 heteroatoms. The number of benzene rings is 2. The number of hydrogen-bond acceptors (Lipinski definition) is 4. The normalized spacial score (nSPS) is 11.6. The third-order valence-corrected chi connectivity index (χ3v) is 3.25. The smallest absolute Gasteiger partial charge is 0.265 e. The van der Waals surface area contributed by atoms with Gasteiger partial charge in [0, 0.05) is 12.8 Å². The number of rotatable bonds is 7. The second-order valence-corrected chi connectivity index (χ2v) is 5.03. The van der Waals surface area contributed by atoms with Crippen LogP contribution in [0.5, 0.6) is 11.5 Å². The number of amides is 1. The van der Waals surface area contributed by atoms with Crippen molar-refractivity contribution in [3.63, 3.8) is 0 Å². The summed E-state index contributed by atoms with van der Waals surface area (Å²) in [5.74, 6) is 0.894. The SMILES string of the molecule is COCc1cccc(NC(=O)C(C)Oc2ccccc2OC)c1. The highest BCUT2D eigenvalue weighted by Crippen LogP contribution is 2.27. The summed E-state index contributed by atoms with van der Waals surface area (Å²) in [4.78, 5) is 12.3. The van der Waals surface area contributed by atoms with Gasteiger partial charge in [-0.05, 0) is 36.8 Å². The molecule has 23 heavy (non-hydrogen) atoms. The summed E-state index contributed by atoms with van der Waals surface area (Å²) in [5.41, 5.74) is 1.70. The molecule has 0 aromatic heterocycles. The largest absolute Gasteiger partial charge is 0.493 e. The Bertz CT molecular complexity index is 657. The minimum Gasteiger partial charge on any atom is -0.493 e. The number of methoxy groups -OCH3 is 2. The molecule has 1 unspecified atom stereocenters. The summed E-state index contributed by atoms with van der Waals surface area (Å²) in [5, 5.41) is 2.84. The number of para-hydroxylation sites is 2. The Morgan fingerprint density at radius 2 is 1.83 bits per heavy atom. The van der Waals surface area contributed by atoms with E-state index in [4.69, 9.17) is 14.2 Å².